The molecule has 0 N–H and O–H groups in total. The van der Waals surface area contributed by atoms with Crippen molar-refractivity contribution in [3.05, 3.63) is 90.5 Å². The van der Waals surface area contributed by atoms with Gasteiger partial charge in [0, 0.05) is 31.2 Å². The average Bonchev–Trinajstić information content (AvgIpc) is 3.24. The summed E-state index contributed by atoms with van der Waals surface area (Å²) in [7, 11) is 1.65. The first-order valence-corrected chi connectivity index (χ1v) is 15.9. The van der Waals surface area contributed by atoms with Crippen molar-refractivity contribution in [1.29, 1.82) is 0 Å². The molecule has 0 radical (unpaired) electrons. The lowest BCUT2D eigenvalue weighted by Gasteiger charge is -2.35. The molecule has 3 amide bonds. The average molecular weight is 598 g/mol. The van der Waals surface area contributed by atoms with Crippen LogP contribution >= 0.6 is 0 Å². The number of amides is 3. The number of carbonyl (C=O) groups is 2. The minimum absolute atomic E-state index is 0.0104. The number of anilines is 1. The molecule has 6 rings (SSSR count). The van der Waals surface area contributed by atoms with Gasteiger partial charge in [0.1, 0.15) is 11.5 Å². The van der Waals surface area contributed by atoms with Crippen LogP contribution in [0.3, 0.4) is 0 Å². The van der Waals surface area contributed by atoms with Crippen molar-refractivity contribution in [2.75, 3.05) is 51.5 Å². The molecule has 2 aliphatic heterocycles. The van der Waals surface area contributed by atoms with Crippen molar-refractivity contribution in [3.63, 3.8) is 0 Å². The van der Waals surface area contributed by atoms with Crippen molar-refractivity contribution in [3.8, 4) is 11.5 Å². The number of para-hydroxylation sites is 1. The fourth-order valence-corrected chi connectivity index (χ4v) is 7.31. The molecular formula is C36H43N3O5. The van der Waals surface area contributed by atoms with Gasteiger partial charge in [-0.1, -0.05) is 55.5 Å². The molecule has 5 atom stereocenters. The molecule has 0 bridgehead atoms. The van der Waals surface area contributed by atoms with E-state index in [1.54, 1.807) is 7.11 Å². The number of nitrogens with zero attached hydrogens (tertiary/aromatic N) is 3. The first-order chi connectivity index (χ1) is 21.5. The molecule has 3 aliphatic rings. The summed E-state index contributed by atoms with van der Waals surface area (Å²) in [5.74, 6) is 1.78. The second-order valence-electron chi connectivity index (χ2n) is 12.1. The summed E-state index contributed by atoms with van der Waals surface area (Å²) in [5, 5.41) is 0. The van der Waals surface area contributed by atoms with Crippen LogP contribution in [0.1, 0.15) is 37.7 Å². The zero-order chi connectivity index (χ0) is 30.5. The quantitative estimate of drug-likeness (QED) is 0.290. The Kier molecular flexibility index (Phi) is 9.36. The zero-order valence-corrected chi connectivity index (χ0v) is 25.7. The van der Waals surface area contributed by atoms with Crippen LogP contribution in [0.25, 0.3) is 0 Å². The fourth-order valence-electron chi connectivity index (χ4n) is 7.31. The monoisotopic (exact) mass is 597 g/mol. The smallest absolute Gasteiger partial charge is 0.325 e. The molecule has 8 heteroatoms. The number of urea groups is 1. The minimum Gasteiger partial charge on any atom is -0.497 e. The molecule has 232 valence electrons. The Morgan fingerprint density at radius 2 is 1.55 bits per heavy atom. The summed E-state index contributed by atoms with van der Waals surface area (Å²) in [6, 6.07) is 27.9. The number of fused-ring (bicyclic) bond motifs is 1. The molecule has 3 aromatic carbocycles. The van der Waals surface area contributed by atoms with E-state index in [2.05, 4.69) is 31.2 Å². The number of rotatable bonds is 9. The summed E-state index contributed by atoms with van der Waals surface area (Å²) < 4.78 is 17.0. The van der Waals surface area contributed by atoms with E-state index < -0.39 is 0 Å². The first-order valence-electron chi connectivity index (χ1n) is 15.9. The van der Waals surface area contributed by atoms with E-state index in [-0.39, 0.29) is 41.8 Å². The Hall–Kier alpha value is -4.04. The number of benzene rings is 3. The minimum atomic E-state index is -0.208. The third kappa shape index (κ3) is 6.27. The van der Waals surface area contributed by atoms with Crippen LogP contribution in [0.5, 0.6) is 11.5 Å². The van der Waals surface area contributed by atoms with Gasteiger partial charge in [0.15, 0.2) is 0 Å². The van der Waals surface area contributed by atoms with E-state index in [0.29, 0.717) is 52.3 Å². The Bertz CT molecular complexity index is 1380. The molecule has 3 fully saturated rings. The normalized spacial score (nSPS) is 25.4. The van der Waals surface area contributed by atoms with Gasteiger partial charge in [0.05, 0.1) is 39.0 Å². The van der Waals surface area contributed by atoms with E-state index in [1.807, 2.05) is 75.4 Å². The van der Waals surface area contributed by atoms with Crippen molar-refractivity contribution in [1.82, 2.24) is 9.80 Å². The van der Waals surface area contributed by atoms with Gasteiger partial charge < -0.3 is 24.0 Å². The number of carbonyl (C=O) groups excluding carboxylic acids is 2. The van der Waals surface area contributed by atoms with E-state index in [9.17, 15) is 9.59 Å². The number of ether oxygens (including phenoxy) is 3. The van der Waals surface area contributed by atoms with Crippen LogP contribution in [0.15, 0.2) is 84.9 Å². The fraction of sp³-hybridized carbons (Fsp3) is 0.444. The highest BCUT2D eigenvalue weighted by Crippen LogP contribution is 2.47. The number of methoxy groups -OCH3 is 1. The second kappa shape index (κ2) is 13.7. The second-order valence-corrected chi connectivity index (χ2v) is 12.1. The summed E-state index contributed by atoms with van der Waals surface area (Å²) in [5.41, 5.74) is 2.07. The SMILES string of the molecule is COc1ccc(N2C(=O)N(CCCOc3ccccc3)[C@@H]3C[C@H](C(=O)N4CCOCC4)[C@H](C)[C@H](c4ccccc4)C[C@@H]32)cc1. The third-order valence-corrected chi connectivity index (χ3v) is 9.66. The molecule has 0 spiro atoms. The molecule has 1 saturated carbocycles. The van der Waals surface area contributed by atoms with Gasteiger partial charge in [-0.25, -0.2) is 4.79 Å². The molecule has 2 heterocycles. The standard InChI is InChI=1S/C36H43N3O5/c1-26-31(27-10-5-3-6-11-27)24-34-33(25-32(26)35(40)37-19-22-43-23-20-37)38(18-9-21-44-30-12-7-4-8-13-30)36(41)39(34)28-14-16-29(42-2)17-15-28/h3-8,10-17,26,31-34H,9,18-25H2,1-2H3/t26-,31-,32+,33-,34+/m1/s1. The van der Waals surface area contributed by atoms with E-state index in [4.69, 9.17) is 14.2 Å². The van der Waals surface area contributed by atoms with Gasteiger partial charge >= 0.3 is 6.03 Å². The van der Waals surface area contributed by atoms with Gasteiger partial charge in [-0.3, -0.25) is 9.69 Å². The van der Waals surface area contributed by atoms with E-state index in [0.717, 1.165) is 23.6 Å². The molecule has 8 nitrogen and oxygen atoms in total. The Labute approximate surface area is 260 Å². The van der Waals surface area contributed by atoms with Gasteiger partial charge in [-0.05, 0) is 73.1 Å². The summed E-state index contributed by atoms with van der Waals surface area (Å²) in [6.07, 6.45) is 2.10. The first kappa shape index (κ1) is 30.0. The Morgan fingerprint density at radius 3 is 2.23 bits per heavy atom. The maximum absolute atomic E-state index is 14.4. The van der Waals surface area contributed by atoms with Gasteiger partial charge in [-0.2, -0.15) is 0 Å². The lowest BCUT2D eigenvalue weighted by molar-refractivity contribution is -0.142. The predicted molar refractivity (Wildman–Crippen MR) is 170 cm³/mol. The number of hydrogen-bond donors (Lipinski definition) is 0. The maximum atomic E-state index is 14.4. The van der Waals surface area contributed by atoms with Crippen molar-refractivity contribution in [2.45, 2.75) is 44.2 Å². The highest BCUT2D eigenvalue weighted by atomic mass is 16.5. The molecule has 0 unspecified atom stereocenters. The molecule has 3 aromatic rings. The number of hydrogen-bond acceptors (Lipinski definition) is 5. The van der Waals surface area contributed by atoms with Crippen LogP contribution in [-0.4, -0.2) is 80.4 Å². The largest absolute Gasteiger partial charge is 0.497 e. The van der Waals surface area contributed by atoms with Crippen molar-refractivity contribution < 1.29 is 23.8 Å². The molecule has 2 saturated heterocycles. The number of morpholine rings is 1. The van der Waals surface area contributed by atoms with Crippen LogP contribution in [0, 0.1) is 11.8 Å². The Balaban J connectivity index is 1.33. The summed E-state index contributed by atoms with van der Waals surface area (Å²) in [4.78, 5) is 34.6. The lowest BCUT2D eigenvalue weighted by atomic mass is 9.77. The van der Waals surface area contributed by atoms with Crippen molar-refractivity contribution >= 4 is 17.6 Å². The third-order valence-electron chi connectivity index (χ3n) is 9.66. The van der Waals surface area contributed by atoms with Gasteiger partial charge in [0.2, 0.25) is 5.91 Å². The van der Waals surface area contributed by atoms with Gasteiger partial charge in [-0.15, -0.1) is 0 Å². The highest BCUT2D eigenvalue weighted by Gasteiger charge is 2.52. The van der Waals surface area contributed by atoms with Crippen LogP contribution < -0.4 is 14.4 Å². The maximum Gasteiger partial charge on any atom is 0.325 e. The highest BCUT2D eigenvalue weighted by molar-refractivity contribution is 5.96. The van der Waals surface area contributed by atoms with Crippen molar-refractivity contribution in [2.24, 2.45) is 11.8 Å². The van der Waals surface area contributed by atoms with Crippen LogP contribution in [-0.2, 0) is 9.53 Å². The molecule has 44 heavy (non-hydrogen) atoms. The Morgan fingerprint density at radius 1 is 0.864 bits per heavy atom. The zero-order valence-electron chi connectivity index (χ0n) is 25.7. The predicted octanol–water partition coefficient (Wildman–Crippen LogP) is 5.83. The van der Waals surface area contributed by atoms with Crippen LogP contribution in [0.2, 0.25) is 0 Å². The van der Waals surface area contributed by atoms with E-state index in [1.165, 1.54) is 5.56 Å². The lowest BCUT2D eigenvalue weighted by Crippen LogP contribution is -2.47. The summed E-state index contributed by atoms with van der Waals surface area (Å²) >= 11 is 0. The molecular weight excluding hydrogens is 554 g/mol. The topological polar surface area (TPSA) is 71.6 Å². The molecule has 1 aliphatic carbocycles. The van der Waals surface area contributed by atoms with Crippen LogP contribution in [0.4, 0.5) is 10.5 Å². The summed E-state index contributed by atoms with van der Waals surface area (Å²) in [6.45, 7) is 5.66. The van der Waals surface area contributed by atoms with Gasteiger partial charge in [0.25, 0.3) is 0 Å². The molecule has 0 aromatic heterocycles. The van der Waals surface area contributed by atoms with E-state index >= 15 is 0 Å².